The maximum Gasteiger partial charge on any atom is 0.255 e. The number of hydrogen-bond acceptors (Lipinski definition) is 3. The highest BCUT2D eigenvalue weighted by atomic mass is 16.2. The molecule has 2 aromatic rings. The maximum absolute atomic E-state index is 12.6. The first-order valence-electron chi connectivity index (χ1n) is 8.76. The molecule has 4 heteroatoms. The number of anilines is 1. The van der Waals surface area contributed by atoms with Crippen molar-refractivity contribution in [2.75, 3.05) is 25.0 Å². The third kappa shape index (κ3) is 5.37. The molecule has 1 N–H and O–H groups in total. The van der Waals surface area contributed by atoms with Gasteiger partial charge in [0.25, 0.3) is 5.91 Å². The first kappa shape index (κ1) is 18.0. The van der Waals surface area contributed by atoms with Gasteiger partial charge in [0.15, 0.2) is 0 Å². The zero-order chi connectivity index (χ0) is 17.2. The molecule has 1 heterocycles. The van der Waals surface area contributed by atoms with Crippen LogP contribution >= 0.6 is 0 Å². The molecule has 1 aromatic heterocycles. The van der Waals surface area contributed by atoms with Crippen molar-refractivity contribution >= 4 is 11.6 Å². The van der Waals surface area contributed by atoms with E-state index < -0.39 is 0 Å². The number of nitrogens with one attached hydrogen (secondary N) is 1. The fourth-order valence-corrected chi connectivity index (χ4v) is 2.69. The van der Waals surface area contributed by atoms with Gasteiger partial charge in [-0.1, -0.05) is 44.2 Å². The van der Waals surface area contributed by atoms with E-state index in [4.69, 9.17) is 0 Å². The summed E-state index contributed by atoms with van der Waals surface area (Å²) in [5, 5.41) is 3.36. The molecule has 2 rings (SSSR count). The molecule has 0 atom stereocenters. The predicted octanol–water partition coefficient (Wildman–Crippen LogP) is 4.00. The summed E-state index contributed by atoms with van der Waals surface area (Å²) in [6, 6.07) is 12.3. The molecule has 0 saturated heterocycles. The fourth-order valence-electron chi connectivity index (χ4n) is 2.69. The SMILES string of the molecule is CCCN(CCC)C(=O)c1cncc(NCCc2ccccc2)c1. The van der Waals surface area contributed by atoms with Crippen molar-refractivity contribution in [3.63, 3.8) is 0 Å². The normalized spacial score (nSPS) is 10.4. The van der Waals surface area contributed by atoms with Crippen LogP contribution in [0.3, 0.4) is 0 Å². The van der Waals surface area contributed by atoms with Crippen molar-refractivity contribution in [1.29, 1.82) is 0 Å². The molecule has 0 unspecified atom stereocenters. The quantitative estimate of drug-likeness (QED) is 0.758. The monoisotopic (exact) mass is 325 g/mol. The minimum absolute atomic E-state index is 0.0675. The van der Waals surface area contributed by atoms with E-state index in [1.807, 2.05) is 29.2 Å². The Labute approximate surface area is 144 Å². The number of amides is 1. The Morgan fingerprint density at radius 2 is 1.79 bits per heavy atom. The smallest absolute Gasteiger partial charge is 0.255 e. The van der Waals surface area contributed by atoms with Crippen molar-refractivity contribution in [1.82, 2.24) is 9.88 Å². The van der Waals surface area contributed by atoms with E-state index in [2.05, 4.69) is 36.3 Å². The zero-order valence-electron chi connectivity index (χ0n) is 14.7. The van der Waals surface area contributed by atoms with E-state index >= 15 is 0 Å². The lowest BCUT2D eigenvalue weighted by atomic mass is 10.1. The molecule has 0 spiro atoms. The molecule has 1 aromatic carbocycles. The van der Waals surface area contributed by atoms with Crippen molar-refractivity contribution in [2.45, 2.75) is 33.1 Å². The lowest BCUT2D eigenvalue weighted by molar-refractivity contribution is 0.0755. The third-order valence-electron chi connectivity index (χ3n) is 3.85. The summed E-state index contributed by atoms with van der Waals surface area (Å²) < 4.78 is 0. The van der Waals surface area contributed by atoms with Gasteiger partial charge in [-0.3, -0.25) is 9.78 Å². The number of hydrogen-bond donors (Lipinski definition) is 1. The minimum atomic E-state index is 0.0675. The lowest BCUT2D eigenvalue weighted by Gasteiger charge is -2.21. The third-order valence-corrected chi connectivity index (χ3v) is 3.85. The van der Waals surface area contributed by atoms with Gasteiger partial charge in [-0.05, 0) is 30.9 Å². The Morgan fingerprint density at radius 3 is 2.46 bits per heavy atom. The Kier molecular flexibility index (Phi) is 7.27. The van der Waals surface area contributed by atoms with Crippen LogP contribution in [0.2, 0.25) is 0 Å². The largest absolute Gasteiger partial charge is 0.383 e. The van der Waals surface area contributed by atoms with Crippen LogP contribution in [0, 0.1) is 0 Å². The van der Waals surface area contributed by atoms with Crippen LogP contribution in [0.5, 0.6) is 0 Å². The molecular formula is C20H27N3O. The molecule has 0 saturated carbocycles. The number of carbonyl (C=O) groups is 1. The number of rotatable bonds is 9. The van der Waals surface area contributed by atoms with Crippen molar-refractivity contribution in [2.24, 2.45) is 0 Å². The zero-order valence-corrected chi connectivity index (χ0v) is 14.7. The number of pyridine rings is 1. The van der Waals surface area contributed by atoms with E-state index in [1.165, 1.54) is 5.56 Å². The summed E-state index contributed by atoms with van der Waals surface area (Å²) >= 11 is 0. The summed E-state index contributed by atoms with van der Waals surface area (Å²) in [6.45, 7) is 6.58. The molecule has 0 fully saturated rings. The van der Waals surface area contributed by atoms with E-state index in [1.54, 1.807) is 12.4 Å². The Bertz CT molecular complexity index is 622. The van der Waals surface area contributed by atoms with E-state index in [0.717, 1.165) is 44.6 Å². The van der Waals surface area contributed by atoms with Crippen LogP contribution < -0.4 is 5.32 Å². The molecule has 0 aliphatic rings. The van der Waals surface area contributed by atoms with Crippen LogP contribution in [0.15, 0.2) is 48.8 Å². The van der Waals surface area contributed by atoms with Crippen molar-refractivity contribution in [3.8, 4) is 0 Å². The Balaban J connectivity index is 1.96. The molecule has 24 heavy (non-hydrogen) atoms. The van der Waals surface area contributed by atoms with Gasteiger partial charge in [0.1, 0.15) is 0 Å². The van der Waals surface area contributed by atoms with Crippen LogP contribution in [0.4, 0.5) is 5.69 Å². The van der Waals surface area contributed by atoms with Crippen molar-refractivity contribution < 1.29 is 4.79 Å². The van der Waals surface area contributed by atoms with E-state index in [-0.39, 0.29) is 5.91 Å². The van der Waals surface area contributed by atoms with E-state index in [0.29, 0.717) is 5.56 Å². The van der Waals surface area contributed by atoms with Crippen molar-refractivity contribution in [3.05, 3.63) is 59.9 Å². The minimum Gasteiger partial charge on any atom is -0.383 e. The molecule has 0 bridgehead atoms. The molecule has 0 aliphatic heterocycles. The first-order chi connectivity index (χ1) is 11.7. The number of benzene rings is 1. The summed E-state index contributed by atoms with van der Waals surface area (Å²) in [5.74, 6) is 0.0675. The number of carbonyl (C=O) groups excluding carboxylic acids is 1. The predicted molar refractivity (Wildman–Crippen MR) is 99.4 cm³/mol. The van der Waals surface area contributed by atoms with Gasteiger partial charge in [-0.25, -0.2) is 0 Å². The Morgan fingerprint density at radius 1 is 1.08 bits per heavy atom. The summed E-state index contributed by atoms with van der Waals surface area (Å²) in [7, 11) is 0. The standard InChI is InChI=1S/C20H27N3O/c1-3-12-23(13-4-2)20(24)18-14-19(16-21-15-18)22-11-10-17-8-6-5-7-9-17/h5-9,14-16,22H,3-4,10-13H2,1-2H3. The van der Waals surface area contributed by atoms with Crippen LogP contribution in [0.1, 0.15) is 42.6 Å². The van der Waals surface area contributed by atoms with Crippen LogP contribution in [-0.4, -0.2) is 35.4 Å². The van der Waals surface area contributed by atoms with Gasteiger partial charge in [-0.2, -0.15) is 0 Å². The average Bonchev–Trinajstić information content (AvgIpc) is 2.62. The van der Waals surface area contributed by atoms with Gasteiger partial charge in [0, 0.05) is 32.0 Å². The molecule has 0 radical (unpaired) electrons. The summed E-state index contributed by atoms with van der Waals surface area (Å²) in [6.07, 6.45) is 6.30. The summed E-state index contributed by atoms with van der Waals surface area (Å²) in [5.41, 5.74) is 2.84. The second kappa shape index (κ2) is 9.71. The van der Waals surface area contributed by atoms with Gasteiger partial charge >= 0.3 is 0 Å². The first-order valence-corrected chi connectivity index (χ1v) is 8.76. The summed E-state index contributed by atoms with van der Waals surface area (Å²) in [4.78, 5) is 18.8. The topological polar surface area (TPSA) is 45.2 Å². The van der Waals surface area contributed by atoms with Gasteiger partial charge in [0.2, 0.25) is 0 Å². The second-order valence-electron chi connectivity index (χ2n) is 5.92. The Hall–Kier alpha value is -2.36. The van der Waals surface area contributed by atoms with Gasteiger partial charge in [0.05, 0.1) is 11.3 Å². The highest BCUT2D eigenvalue weighted by molar-refractivity contribution is 5.94. The lowest BCUT2D eigenvalue weighted by Crippen LogP contribution is -2.32. The number of nitrogens with zero attached hydrogens (tertiary/aromatic N) is 2. The molecule has 128 valence electrons. The highest BCUT2D eigenvalue weighted by Crippen LogP contribution is 2.12. The van der Waals surface area contributed by atoms with E-state index in [9.17, 15) is 4.79 Å². The highest BCUT2D eigenvalue weighted by Gasteiger charge is 2.14. The molecule has 1 amide bonds. The molecule has 4 nitrogen and oxygen atoms in total. The van der Waals surface area contributed by atoms with Crippen LogP contribution in [0.25, 0.3) is 0 Å². The molecule has 0 aliphatic carbocycles. The average molecular weight is 325 g/mol. The number of aromatic nitrogens is 1. The fraction of sp³-hybridized carbons (Fsp3) is 0.400. The maximum atomic E-state index is 12.6. The van der Waals surface area contributed by atoms with Gasteiger partial charge in [-0.15, -0.1) is 0 Å². The second-order valence-corrected chi connectivity index (χ2v) is 5.92. The van der Waals surface area contributed by atoms with Crippen LogP contribution in [-0.2, 0) is 6.42 Å². The molecular weight excluding hydrogens is 298 g/mol. The van der Waals surface area contributed by atoms with Gasteiger partial charge < -0.3 is 10.2 Å².